The summed E-state index contributed by atoms with van der Waals surface area (Å²) >= 11 is 0. The molecule has 0 fully saturated rings. The quantitative estimate of drug-likeness (QED) is 0.862. The molecule has 2 aromatic rings. The lowest BCUT2D eigenvalue weighted by Crippen LogP contribution is -2.05. The topological polar surface area (TPSA) is 52.3 Å². The number of halogens is 2. The first kappa shape index (κ1) is 15.4. The van der Waals surface area contributed by atoms with Crippen molar-refractivity contribution in [1.29, 1.82) is 0 Å². The van der Waals surface area contributed by atoms with Gasteiger partial charge in [0.25, 0.3) is 0 Å². The fourth-order valence-corrected chi connectivity index (χ4v) is 3.12. The summed E-state index contributed by atoms with van der Waals surface area (Å²) in [5, 5.41) is 0. The van der Waals surface area contributed by atoms with Gasteiger partial charge in [-0.15, -0.1) is 0 Å². The minimum atomic E-state index is -1.67. The van der Waals surface area contributed by atoms with Crippen LogP contribution in [0, 0.1) is 11.6 Å². The molecule has 0 aliphatic rings. The number of rotatable bonds is 5. The third kappa shape index (κ3) is 3.58. The van der Waals surface area contributed by atoms with E-state index in [1.54, 1.807) is 12.1 Å². The zero-order chi connectivity index (χ0) is 15.4. The van der Waals surface area contributed by atoms with Gasteiger partial charge in [0.05, 0.1) is 28.1 Å². The average molecular weight is 311 g/mol. The predicted octanol–water partition coefficient (Wildman–Crippen LogP) is 3.25. The molecule has 0 radical (unpaired) electrons. The molecular weight excluding hydrogens is 296 g/mol. The van der Waals surface area contributed by atoms with Crippen LogP contribution in [0.25, 0.3) is 0 Å². The molecule has 1 unspecified atom stereocenters. The van der Waals surface area contributed by atoms with Gasteiger partial charge in [0.1, 0.15) is 17.4 Å². The number of benzene rings is 2. The Morgan fingerprint density at radius 1 is 1.19 bits per heavy atom. The van der Waals surface area contributed by atoms with E-state index < -0.39 is 22.4 Å². The van der Waals surface area contributed by atoms with Crippen LogP contribution in [-0.4, -0.2) is 10.8 Å². The Kier molecular flexibility index (Phi) is 4.90. The van der Waals surface area contributed by atoms with Crippen LogP contribution in [-0.2, 0) is 16.6 Å². The van der Waals surface area contributed by atoms with Crippen LogP contribution in [0.5, 0.6) is 5.75 Å². The van der Waals surface area contributed by atoms with E-state index in [0.29, 0.717) is 22.9 Å². The van der Waals surface area contributed by atoms with Gasteiger partial charge in [0.2, 0.25) is 0 Å². The van der Waals surface area contributed by atoms with Gasteiger partial charge in [0, 0.05) is 11.3 Å². The standard InChI is InChI=1S/C15H15F2NO2S/c1-2-20-10-6-7-14(18)15(8-10)21(19)9-11-12(16)4-3-5-13(11)17/h3-8H,2,9,18H2,1H3. The predicted molar refractivity (Wildman–Crippen MR) is 78.5 cm³/mol. The number of ether oxygens (including phenoxy) is 1. The van der Waals surface area contributed by atoms with E-state index in [4.69, 9.17) is 10.5 Å². The highest BCUT2D eigenvalue weighted by molar-refractivity contribution is 7.84. The zero-order valence-corrected chi connectivity index (χ0v) is 12.3. The number of nitrogen functional groups attached to an aromatic ring is 1. The molecule has 0 bridgehead atoms. The molecule has 2 aromatic carbocycles. The summed E-state index contributed by atoms with van der Waals surface area (Å²) in [5.41, 5.74) is 5.87. The summed E-state index contributed by atoms with van der Waals surface area (Å²) in [6, 6.07) is 8.29. The molecule has 0 saturated carbocycles. The van der Waals surface area contributed by atoms with E-state index in [1.807, 2.05) is 6.92 Å². The van der Waals surface area contributed by atoms with E-state index in [1.165, 1.54) is 12.1 Å². The molecule has 21 heavy (non-hydrogen) atoms. The molecule has 3 nitrogen and oxygen atoms in total. The first-order valence-corrected chi connectivity index (χ1v) is 7.68. The molecular formula is C15H15F2NO2S. The number of anilines is 1. The van der Waals surface area contributed by atoms with Crippen molar-refractivity contribution >= 4 is 16.5 Å². The van der Waals surface area contributed by atoms with Crippen molar-refractivity contribution in [2.75, 3.05) is 12.3 Å². The minimum absolute atomic E-state index is 0.211. The van der Waals surface area contributed by atoms with Crippen LogP contribution in [0.4, 0.5) is 14.5 Å². The lowest BCUT2D eigenvalue weighted by molar-refractivity contribution is 0.339. The van der Waals surface area contributed by atoms with Crippen molar-refractivity contribution in [2.45, 2.75) is 17.6 Å². The molecule has 1 atom stereocenters. The molecule has 0 aromatic heterocycles. The van der Waals surface area contributed by atoms with Crippen LogP contribution in [0.1, 0.15) is 12.5 Å². The van der Waals surface area contributed by atoms with Crippen LogP contribution in [0.15, 0.2) is 41.3 Å². The number of nitrogens with two attached hydrogens (primary N) is 1. The van der Waals surface area contributed by atoms with Crippen LogP contribution in [0.2, 0.25) is 0 Å². The molecule has 2 N–H and O–H groups in total. The van der Waals surface area contributed by atoms with Crippen molar-refractivity contribution in [1.82, 2.24) is 0 Å². The van der Waals surface area contributed by atoms with Gasteiger partial charge in [-0.05, 0) is 37.3 Å². The summed E-state index contributed by atoms with van der Waals surface area (Å²) in [5.74, 6) is -1.20. The molecule has 0 spiro atoms. The SMILES string of the molecule is CCOc1ccc(N)c(S(=O)Cc2c(F)cccc2F)c1. The second kappa shape index (κ2) is 6.67. The van der Waals surface area contributed by atoms with Crippen molar-refractivity contribution in [3.63, 3.8) is 0 Å². The Morgan fingerprint density at radius 2 is 1.86 bits per heavy atom. The third-order valence-electron chi connectivity index (χ3n) is 2.88. The van der Waals surface area contributed by atoms with Crippen LogP contribution >= 0.6 is 0 Å². The summed E-state index contributed by atoms with van der Waals surface area (Å²) in [4.78, 5) is 0.309. The van der Waals surface area contributed by atoms with Crippen molar-refractivity contribution in [3.8, 4) is 5.75 Å². The van der Waals surface area contributed by atoms with E-state index >= 15 is 0 Å². The third-order valence-corrected chi connectivity index (χ3v) is 4.27. The van der Waals surface area contributed by atoms with E-state index in [0.717, 1.165) is 12.1 Å². The fourth-order valence-electron chi connectivity index (χ4n) is 1.85. The second-order valence-electron chi connectivity index (χ2n) is 4.32. The first-order valence-electron chi connectivity index (χ1n) is 6.36. The van der Waals surface area contributed by atoms with Gasteiger partial charge < -0.3 is 10.5 Å². The van der Waals surface area contributed by atoms with E-state index in [9.17, 15) is 13.0 Å². The van der Waals surface area contributed by atoms with E-state index in [-0.39, 0.29) is 11.3 Å². The minimum Gasteiger partial charge on any atom is -0.494 e. The Hall–Kier alpha value is -1.95. The molecule has 2 rings (SSSR count). The highest BCUT2D eigenvalue weighted by atomic mass is 32.2. The highest BCUT2D eigenvalue weighted by Crippen LogP contribution is 2.26. The maximum Gasteiger partial charge on any atom is 0.130 e. The average Bonchev–Trinajstić information content (AvgIpc) is 2.45. The van der Waals surface area contributed by atoms with Crippen molar-refractivity contribution in [3.05, 3.63) is 53.6 Å². The van der Waals surface area contributed by atoms with Gasteiger partial charge in [0.15, 0.2) is 0 Å². The summed E-state index contributed by atoms with van der Waals surface area (Å²) < 4.78 is 44.8. The van der Waals surface area contributed by atoms with Crippen LogP contribution in [0.3, 0.4) is 0 Å². The molecule has 0 aliphatic carbocycles. The van der Waals surface area contributed by atoms with Gasteiger partial charge in [-0.25, -0.2) is 8.78 Å². The molecule has 0 saturated heterocycles. The molecule has 112 valence electrons. The highest BCUT2D eigenvalue weighted by Gasteiger charge is 2.16. The van der Waals surface area contributed by atoms with Gasteiger partial charge in [-0.2, -0.15) is 0 Å². The number of hydrogen-bond donors (Lipinski definition) is 1. The Morgan fingerprint density at radius 3 is 2.48 bits per heavy atom. The first-order chi connectivity index (χ1) is 10.0. The summed E-state index contributed by atoms with van der Waals surface area (Å²) in [6.45, 7) is 2.28. The summed E-state index contributed by atoms with van der Waals surface area (Å²) in [7, 11) is -1.67. The molecule has 0 heterocycles. The molecule has 0 amide bonds. The van der Waals surface area contributed by atoms with Gasteiger partial charge in [-0.3, -0.25) is 4.21 Å². The van der Waals surface area contributed by atoms with Crippen LogP contribution < -0.4 is 10.5 Å². The normalized spacial score (nSPS) is 12.1. The van der Waals surface area contributed by atoms with Crippen molar-refractivity contribution in [2.24, 2.45) is 0 Å². The van der Waals surface area contributed by atoms with Gasteiger partial charge in [-0.1, -0.05) is 6.07 Å². The zero-order valence-electron chi connectivity index (χ0n) is 11.4. The lowest BCUT2D eigenvalue weighted by Gasteiger charge is -2.10. The number of hydrogen-bond acceptors (Lipinski definition) is 3. The van der Waals surface area contributed by atoms with Gasteiger partial charge >= 0.3 is 0 Å². The Balaban J connectivity index is 2.30. The maximum absolute atomic E-state index is 13.6. The lowest BCUT2D eigenvalue weighted by atomic mass is 10.2. The smallest absolute Gasteiger partial charge is 0.130 e. The Labute approximate surface area is 124 Å². The monoisotopic (exact) mass is 311 g/mol. The molecule has 0 aliphatic heterocycles. The summed E-state index contributed by atoms with van der Waals surface area (Å²) in [6.07, 6.45) is 0. The largest absolute Gasteiger partial charge is 0.494 e. The maximum atomic E-state index is 13.6. The molecule has 6 heteroatoms. The van der Waals surface area contributed by atoms with Crippen molar-refractivity contribution < 1.29 is 17.7 Å². The Bertz CT molecular complexity index is 656. The fraction of sp³-hybridized carbons (Fsp3) is 0.200. The van der Waals surface area contributed by atoms with E-state index in [2.05, 4.69) is 0 Å². The second-order valence-corrected chi connectivity index (χ2v) is 5.74.